The zero-order valence-corrected chi connectivity index (χ0v) is 14.9. The molecule has 2 fully saturated rings. The Kier molecular flexibility index (Phi) is 3.65. The van der Waals surface area contributed by atoms with Crippen molar-refractivity contribution in [1.82, 2.24) is 4.90 Å². The summed E-state index contributed by atoms with van der Waals surface area (Å²) in [4.78, 5) is 14.8. The van der Waals surface area contributed by atoms with Gasteiger partial charge in [0, 0.05) is 18.5 Å². The van der Waals surface area contributed by atoms with Gasteiger partial charge in [-0.2, -0.15) is 0 Å². The largest absolute Gasteiger partial charge is 0.493 e. The standard InChI is InChI=1S/C19H25NO5/c1-4-11-5-6-13(24-3)16-15(11)18-7-8-20(2)10-19(18,23)14(22)9-12(21)17(18)25-16/h5-6,14,17,22-23H,4,7-10H2,1-3H3/t14-,17+,18+,19+/m1/s1. The molecule has 25 heavy (non-hydrogen) atoms. The van der Waals surface area contributed by atoms with Crippen LogP contribution in [-0.2, 0) is 16.6 Å². The lowest BCUT2D eigenvalue weighted by Crippen LogP contribution is -2.75. The Morgan fingerprint density at radius 3 is 2.88 bits per heavy atom. The Morgan fingerprint density at radius 2 is 2.20 bits per heavy atom. The minimum atomic E-state index is -1.43. The van der Waals surface area contributed by atoms with Crippen molar-refractivity contribution in [2.45, 2.75) is 49.4 Å². The summed E-state index contributed by atoms with van der Waals surface area (Å²) in [6.07, 6.45) is -0.661. The van der Waals surface area contributed by atoms with Crippen molar-refractivity contribution < 1.29 is 24.5 Å². The molecule has 0 amide bonds. The number of Topliss-reactive ketones (excluding diaryl/α,β-unsaturated/α-hetero) is 1. The van der Waals surface area contributed by atoms with Gasteiger partial charge in [0.15, 0.2) is 23.4 Å². The van der Waals surface area contributed by atoms with E-state index in [2.05, 4.69) is 0 Å². The van der Waals surface area contributed by atoms with Gasteiger partial charge in [-0.1, -0.05) is 13.0 Å². The van der Waals surface area contributed by atoms with E-state index in [9.17, 15) is 15.0 Å². The first-order valence-corrected chi connectivity index (χ1v) is 8.87. The minimum absolute atomic E-state index is 0.0888. The van der Waals surface area contributed by atoms with E-state index in [0.29, 0.717) is 24.5 Å². The monoisotopic (exact) mass is 347 g/mol. The third kappa shape index (κ3) is 1.93. The Bertz CT molecular complexity index is 735. The summed E-state index contributed by atoms with van der Waals surface area (Å²) in [6.45, 7) is 3.07. The van der Waals surface area contributed by atoms with E-state index in [1.165, 1.54) is 0 Å². The maximum absolute atomic E-state index is 12.8. The summed E-state index contributed by atoms with van der Waals surface area (Å²) < 4.78 is 11.6. The number of benzene rings is 1. The first kappa shape index (κ1) is 16.8. The van der Waals surface area contributed by atoms with Gasteiger partial charge < -0.3 is 24.6 Å². The number of likely N-dealkylation sites (N-methyl/N-ethyl adjacent to an activating group) is 1. The number of carbonyl (C=O) groups excluding carboxylic acids is 1. The van der Waals surface area contributed by atoms with Crippen LogP contribution < -0.4 is 9.47 Å². The number of carbonyl (C=O) groups is 1. The normalized spacial score (nSPS) is 37.1. The molecule has 2 aliphatic heterocycles. The van der Waals surface area contributed by atoms with Crippen molar-refractivity contribution in [3.8, 4) is 11.5 Å². The Balaban J connectivity index is 2.03. The molecule has 4 atom stereocenters. The number of β-amino-alcohol motifs (C(OH)–C–C–N with tert-alkyl or cyclic N) is 1. The summed E-state index contributed by atoms with van der Waals surface area (Å²) >= 11 is 0. The number of aliphatic hydroxyl groups excluding tert-OH is 1. The number of methoxy groups -OCH3 is 1. The third-order valence-electron chi connectivity index (χ3n) is 6.35. The maximum Gasteiger partial charge on any atom is 0.177 e. The molecule has 2 heterocycles. The molecule has 0 aromatic heterocycles. The number of ether oxygens (including phenoxy) is 2. The fourth-order valence-electron chi connectivity index (χ4n) is 5.14. The highest BCUT2D eigenvalue weighted by Crippen LogP contribution is 2.60. The van der Waals surface area contributed by atoms with E-state index < -0.39 is 23.2 Å². The minimum Gasteiger partial charge on any atom is -0.493 e. The molecular formula is C19H25NO5. The van der Waals surface area contributed by atoms with Crippen LogP contribution in [0, 0.1) is 0 Å². The van der Waals surface area contributed by atoms with Crippen molar-refractivity contribution in [3.05, 3.63) is 23.3 Å². The van der Waals surface area contributed by atoms with Crippen LogP contribution in [0.25, 0.3) is 0 Å². The first-order valence-electron chi connectivity index (χ1n) is 8.87. The van der Waals surface area contributed by atoms with Gasteiger partial charge >= 0.3 is 0 Å². The smallest absolute Gasteiger partial charge is 0.177 e. The summed E-state index contributed by atoms with van der Waals surface area (Å²) in [6, 6.07) is 3.82. The van der Waals surface area contributed by atoms with Crippen molar-refractivity contribution in [3.63, 3.8) is 0 Å². The van der Waals surface area contributed by atoms with E-state index in [0.717, 1.165) is 24.1 Å². The molecule has 0 radical (unpaired) electrons. The average Bonchev–Trinajstić information content (AvgIpc) is 2.94. The molecule has 2 N–H and O–H groups in total. The second kappa shape index (κ2) is 5.43. The number of nitrogens with zero attached hydrogens (tertiary/aromatic N) is 1. The molecule has 1 aromatic rings. The van der Waals surface area contributed by atoms with Crippen LogP contribution in [0.4, 0.5) is 0 Å². The van der Waals surface area contributed by atoms with E-state index in [1.807, 2.05) is 31.0 Å². The molecule has 0 unspecified atom stereocenters. The molecule has 1 aliphatic carbocycles. The number of rotatable bonds is 2. The fraction of sp³-hybridized carbons (Fsp3) is 0.632. The highest BCUT2D eigenvalue weighted by molar-refractivity contribution is 5.90. The number of fused-ring (bicyclic) bond motifs is 1. The molecular weight excluding hydrogens is 322 g/mol. The molecule has 6 heteroatoms. The quantitative estimate of drug-likeness (QED) is 0.818. The molecule has 1 spiro atoms. The van der Waals surface area contributed by atoms with Gasteiger partial charge in [-0.25, -0.2) is 0 Å². The van der Waals surface area contributed by atoms with Gasteiger partial charge in [-0.3, -0.25) is 4.79 Å². The highest BCUT2D eigenvalue weighted by atomic mass is 16.5. The topological polar surface area (TPSA) is 79.2 Å². The lowest BCUT2D eigenvalue weighted by molar-refractivity contribution is -0.200. The average molecular weight is 347 g/mol. The number of hydrogen-bond acceptors (Lipinski definition) is 6. The van der Waals surface area contributed by atoms with E-state index in [4.69, 9.17) is 9.47 Å². The fourth-order valence-corrected chi connectivity index (χ4v) is 5.14. The van der Waals surface area contributed by atoms with Crippen LogP contribution in [0.5, 0.6) is 11.5 Å². The van der Waals surface area contributed by atoms with Crippen molar-refractivity contribution in [2.75, 3.05) is 27.2 Å². The predicted octanol–water partition coefficient (Wildman–Crippen LogP) is 0.657. The molecule has 6 nitrogen and oxygen atoms in total. The summed E-state index contributed by atoms with van der Waals surface area (Å²) in [5.41, 5.74) is -0.478. The molecule has 3 aliphatic rings. The Labute approximate surface area is 147 Å². The maximum atomic E-state index is 12.8. The van der Waals surface area contributed by atoms with Gasteiger partial charge in [0.05, 0.1) is 18.6 Å². The second-order valence-corrected chi connectivity index (χ2v) is 7.55. The van der Waals surface area contributed by atoms with E-state index in [-0.39, 0.29) is 12.2 Å². The molecule has 4 rings (SSSR count). The lowest BCUT2D eigenvalue weighted by Gasteiger charge is -2.57. The molecule has 1 aromatic carbocycles. The second-order valence-electron chi connectivity index (χ2n) is 7.55. The molecule has 136 valence electrons. The van der Waals surface area contributed by atoms with Gasteiger partial charge in [0.25, 0.3) is 0 Å². The molecule has 1 saturated heterocycles. The van der Waals surface area contributed by atoms with Crippen LogP contribution in [0.15, 0.2) is 12.1 Å². The highest BCUT2D eigenvalue weighted by Gasteiger charge is 2.71. The number of aryl methyl sites for hydroxylation is 1. The summed E-state index contributed by atoms with van der Waals surface area (Å²) in [7, 11) is 3.49. The van der Waals surface area contributed by atoms with Crippen LogP contribution in [0.1, 0.15) is 30.9 Å². The number of piperidine rings is 1. The zero-order chi connectivity index (χ0) is 18.0. The van der Waals surface area contributed by atoms with Crippen LogP contribution >= 0.6 is 0 Å². The first-order chi connectivity index (χ1) is 11.9. The summed E-state index contributed by atoms with van der Waals surface area (Å²) in [5.74, 6) is 0.971. The van der Waals surface area contributed by atoms with Crippen molar-refractivity contribution >= 4 is 5.78 Å². The third-order valence-corrected chi connectivity index (χ3v) is 6.35. The number of aliphatic hydroxyl groups is 2. The number of ketones is 1. The van der Waals surface area contributed by atoms with Crippen LogP contribution in [0.3, 0.4) is 0 Å². The molecule has 1 saturated carbocycles. The van der Waals surface area contributed by atoms with Gasteiger partial charge in [0.2, 0.25) is 0 Å². The number of hydrogen-bond donors (Lipinski definition) is 2. The van der Waals surface area contributed by atoms with E-state index in [1.54, 1.807) is 7.11 Å². The molecule has 0 bridgehead atoms. The van der Waals surface area contributed by atoms with Gasteiger partial charge in [-0.05, 0) is 38.1 Å². The summed E-state index contributed by atoms with van der Waals surface area (Å²) in [5, 5.41) is 22.4. The zero-order valence-electron chi connectivity index (χ0n) is 14.9. The lowest BCUT2D eigenvalue weighted by atomic mass is 9.53. The number of likely N-dealkylation sites (tertiary alicyclic amines) is 1. The van der Waals surface area contributed by atoms with Gasteiger partial charge in [-0.15, -0.1) is 0 Å². The van der Waals surface area contributed by atoms with Crippen LogP contribution in [-0.4, -0.2) is 66.0 Å². The van der Waals surface area contributed by atoms with Crippen LogP contribution in [0.2, 0.25) is 0 Å². The predicted molar refractivity (Wildman–Crippen MR) is 91.2 cm³/mol. The van der Waals surface area contributed by atoms with E-state index >= 15 is 0 Å². The van der Waals surface area contributed by atoms with Crippen molar-refractivity contribution in [2.24, 2.45) is 0 Å². The Hall–Kier alpha value is -1.63. The van der Waals surface area contributed by atoms with Crippen molar-refractivity contribution in [1.29, 1.82) is 0 Å². The SMILES string of the molecule is CCc1ccc(OC)c2c1[C@]13CCN(C)C[C@]1(O)[C@H](O)CC(=O)[C@@H]3O2. The van der Waals surface area contributed by atoms with Gasteiger partial charge in [0.1, 0.15) is 5.60 Å². The Morgan fingerprint density at radius 1 is 1.44 bits per heavy atom.